The first-order valence-electron chi connectivity index (χ1n) is 7.64. The van der Waals surface area contributed by atoms with E-state index in [4.69, 9.17) is 11.5 Å². The number of nitrogens with two attached hydrogens (primary N) is 2. The summed E-state index contributed by atoms with van der Waals surface area (Å²) in [5.74, 6) is 0.631. The van der Waals surface area contributed by atoms with Crippen LogP contribution in [0.4, 0.5) is 0 Å². The molecule has 4 N–H and O–H groups in total. The minimum absolute atomic E-state index is 0.131. The fourth-order valence-corrected chi connectivity index (χ4v) is 2.52. The van der Waals surface area contributed by atoms with Crippen molar-refractivity contribution >= 4 is 0 Å². The first kappa shape index (κ1) is 16.9. The highest BCUT2D eigenvalue weighted by Gasteiger charge is 2.19. The molecule has 0 bridgehead atoms. The Hall–Kier alpha value is -0.0800. The van der Waals surface area contributed by atoms with E-state index in [1.54, 1.807) is 0 Å². The molecule has 0 radical (unpaired) electrons. The zero-order valence-electron chi connectivity index (χ0n) is 12.3. The van der Waals surface area contributed by atoms with Crippen LogP contribution in [0.3, 0.4) is 0 Å². The van der Waals surface area contributed by atoms with Crippen molar-refractivity contribution in [1.29, 1.82) is 0 Å². The number of hydrogen-bond donors (Lipinski definition) is 2. The highest BCUT2D eigenvalue weighted by atomic mass is 14.8. The van der Waals surface area contributed by atoms with Gasteiger partial charge < -0.3 is 11.5 Å². The van der Waals surface area contributed by atoms with Crippen LogP contribution in [0.1, 0.15) is 78.6 Å². The Bertz CT molecular complexity index is 157. The Morgan fingerprint density at radius 2 is 1.35 bits per heavy atom. The summed E-state index contributed by atoms with van der Waals surface area (Å²) in [6.07, 6.45) is 11.9. The van der Waals surface area contributed by atoms with Crippen molar-refractivity contribution in [3.8, 4) is 0 Å². The van der Waals surface area contributed by atoms with Gasteiger partial charge in [-0.15, -0.1) is 0 Å². The van der Waals surface area contributed by atoms with Gasteiger partial charge in [0.05, 0.1) is 0 Å². The lowest BCUT2D eigenvalue weighted by Gasteiger charge is -2.26. The van der Waals surface area contributed by atoms with Crippen LogP contribution in [0.25, 0.3) is 0 Å². The summed E-state index contributed by atoms with van der Waals surface area (Å²) < 4.78 is 0. The smallest absolute Gasteiger partial charge is 0.0218 e. The van der Waals surface area contributed by atoms with E-state index < -0.39 is 0 Å². The van der Waals surface area contributed by atoms with Gasteiger partial charge in [0.1, 0.15) is 0 Å². The van der Waals surface area contributed by atoms with Gasteiger partial charge >= 0.3 is 0 Å². The predicted octanol–water partition coefficient (Wildman–Crippen LogP) is 3.83. The molecule has 0 aromatic carbocycles. The second-order valence-corrected chi connectivity index (χ2v) is 5.54. The van der Waals surface area contributed by atoms with Gasteiger partial charge in [0.15, 0.2) is 0 Å². The van der Waals surface area contributed by atoms with Crippen LogP contribution < -0.4 is 11.5 Å². The quantitative estimate of drug-likeness (QED) is 0.541. The SMILES string of the molecule is CCCCCCCCC(CCC)C(N)C(C)N. The number of unbranched alkanes of at least 4 members (excludes halogenated alkanes) is 5. The summed E-state index contributed by atoms with van der Waals surface area (Å²) >= 11 is 0. The molecule has 2 nitrogen and oxygen atoms in total. The molecule has 0 heterocycles. The van der Waals surface area contributed by atoms with Crippen LogP contribution in [-0.4, -0.2) is 12.1 Å². The molecule has 0 aliphatic carbocycles. The van der Waals surface area contributed by atoms with E-state index in [0.717, 1.165) is 0 Å². The highest BCUT2D eigenvalue weighted by molar-refractivity contribution is 4.79. The van der Waals surface area contributed by atoms with Crippen molar-refractivity contribution in [3.05, 3.63) is 0 Å². The Morgan fingerprint density at radius 3 is 1.88 bits per heavy atom. The van der Waals surface area contributed by atoms with E-state index in [1.807, 2.05) is 6.92 Å². The number of hydrogen-bond acceptors (Lipinski definition) is 2. The van der Waals surface area contributed by atoms with Crippen LogP contribution in [-0.2, 0) is 0 Å². The topological polar surface area (TPSA) is 52.0 Å². The summed E-state index contributed by atoms with van der Waals surface area (Å²) in [7, 11) is 0. The minimum Gasteiger partial charge on any atom is -0.327 e. The molecular weight excluding hydrogens is 208 g/mol. The second kappa shape index (κ2) is 11.0. The van der Waals surface area contributed by atoms with Gasteiger partial charge in [-0.2, -0.15) is 0 Å². The summed E-state index contributed by atoms with van der Waals surface area (Å²) in [6, 6.07) is 0.317. The monoisotopic (exact) mass is 242 g/mol. The molecule has 104 valence electrons. The average molecular weight is 242 g/mol. The molecular formula is C15H34N2. The van der Waals surface area contributed by atoms with Crippen molar-refractivity contribution < 1.29 is 0 Å². The minimum atomic E-state index is 0.131. The molecule has 0 aromatic rings. The Morgan fingerprint density at radius 1 is 0.765 bits per heavy atom. The predicted molar refractivity (Wildman–Crippen MR) is 78.0 cm³/mol. The standard InChI is InChI=1S/C15H34N2/c1-4-6-7-8-9-10-12-14(11-5-2)15(17)13(3)16/h13-15H,4-12,16-17H2,1-3H3. The molecule has 0 spiro atoms. The summed E-state index contributed by atoms with van der Waals surface area (Å²) in [5, 5.41) is 0. The normalized spacial score (nSPS) is 16.8. The van der Waals surface area contributed by atoms with Crippen molar-refractivity contribution in [3.63, 3.8) is 0 Å². The lowest BCUT2D eigenvalue weighted by atomic mass is 9.86. The van der Waals surface area contributed by atoms with E-state index in [2.05, 4.69) is 13.8 Å². The second-order valence-electron chi connectivity index (χ2n) is 5.54. The van der Waals surface area contributed by atoms with Gasteiger partial charge in [-0.25, -0.2) is 0 Å². The van der Waals surface area contributed by atoms with Gasteiger partial charge in [0.2, 0.25) is 0 Å². The first-order valence-corrected chi connectivity index (χ1v) is 7.64. The fraction of sp³-hybridized carbons (Fsp3) is 1.00. The van der Waals surface area contributed by atoms with Gasteiger partial charge in [0, 0.05) is 12.1 Å². The molecule has 0 saturated carbocycles. The molecule has 3 unspecified atom stereocenters. The van der Waals surface area contributed by atoms with Gasteiger partial charge in [-0.05, 0) is 25.7 Å². The van der Waals surface area contributed by atoms with E-state index in [1.165, 1.54) is 57.8 Å². The van der Waals surface area contributed by atoms with E-state index in [0.29, 0.717) is 5.92 Å². The van der Waals surface area contributed by atoms with Crippen LogP contribution in [0.2, 0.25) is 0 Å². The molecule has 0 amide bonds. The third-order valence-corrected chi connectivity index (χ3v) is 3.74. The molecule has 17 heavy (non-hydrogen) atoms. The van der Waals surface area contributed by atoms with Crippen molar-refractivity contribution in [1.82, 2.24) is 0 Å². The molecule has 2 heteroatoms. The molecule has 0 fully saturated rings. The first-order chi connectivity index (χ1) is 8.13. The molecule has 3 atom stereocenters. The summed E-state index contributed by atoms with van der Waals surface area (Å²) in [4.78, 5) is 0. The lowest BCUT2D eigenvalue weighted by Crippen LogP contribution is -2.44. The lowest BCUT2D eigenvalue weighted by molar-refractivity contribution is 0.322. The molecule has 0 aliphatic rings. The third-order valence-electron chi connectivity index (χ3n) is 3.74. The molecule has 0 aromatic heterocycles. The van der Waals surface area contributed by atoms with Crippen LogP contribution in [0.5, 0.6) is 0 Å². The Labute approximate surface area is 109 Å². The van der Waals surface area contributed by atoms with Crippen molar-refractivity contribution in [2.75, 3.05) is 0 Å². The molecule has 0 rings (SSSR count). The largest absolute Gasteiger partial charge is 0.327 e. The maximum absolute atomic E-state index is 6.18. The summed E-state index contributed by atoms with van der Waals surface area (Å²) in [6.45, 7) is 6.54. The highest BCUT2D eigenvalue weighted by Crippen LogP contribution is 2.20. The van der Waals surface area contributed by atoms with Crippen molar-refractivity contribution in [2.24, 2.45) is 17.4 Å². The van der Waals surface area contributed by atoms with Crippen molar-refractivity contribution in [2.45, 2.75) is 90.6 Å². The van der Waals surface area contributed by atoms with E-state index >= 15 is 0 Å². The fourth-order valence-electron chi connectivity index (χ4n) is 2.52. The zero-order valence-corrected chi connectivity index (χ0v) is 12.3. The number of rotatable bonds is 11. The van der Waals surface area contributed by atoms with Gasteiger partial charge in [0.25, 0.3) is 0 Å². The molecule has 0 aliphatic heterocycles. The maximum Gasteiger partial charge on any atom is 0.0218 e. The van der Waals surface area contributed by atoms with Crippen LogP contribution >= 0.6 is 0 Å². The maximum atomic E-state index is 6.18. The van der Waals surface area contributed by atoms with Crippen LogP contribution in [0.15, 0.2) is 0 Å². The van der Waals surface area contributed by atoms with Gasteiger partial charge in [-0.3, -0.25) is 0 Å². The molecule has 0 saturated heterocycles. The average Bonchev–Trinajstić information content (AvgIpc) is 2.31. The third kappa shape index (κ3) is 8.62. The Kier molecular flexibility index (Phi) is 11.0. The van der Waals surface area contributed by atoms with E-state index in [9.17, 15) is 0 Å². The summed E-state index contributed by atoms with van der Waals surface area (Å²) in [5.41, 5.74) is 12.1. The van der Waals surface area contributed by atoms with Gasteiger partial charge in [-0.1, -0.05) is 58.8 Å². The Balaban J connectivity index is 3.70. The zero-order chi connectivity index (χ0) is 13.1. The van der Waals surface area contributed by atoms with Crippen LogP contribution in [0, 0.1) is 5.92 Å². The van der Waals surface area contributed by atoms with E-state index in [-0.39, 0.29) is 12.1 Å².